The van der Waals surface area contributed by atoms with E-state index in [2.05, 4.69) is 32.0 Å². The molecule has 0 aliphatic heterocycles. The number of nitrogens with zero attached hydrogens (tertiary/aromatic N) is 4. The standard InChI is InChI=1S/C31H32N6O3S/c1-23-18-29(37(4)34-23)31(39)33-27-11-8-10-24(20-27)14-15-25-19-26(22-32-21-25)30(38)35-41(40,17-9-16-36(2)3)28-12-6-5-7-13-28/h5-8,10-13,17-22H,9,16H2,1-4H3,(H,33,39)(H,35,38,40). The Hall–Kier alpha value is -4.72. The van der Waals surface area contributed by atoms with Crippen LogP contribution in [0.3, 0.4) is 0 Å². The minimum Gasteiger partial charge on any atom is -0.321 e. The first-order valence-corrected chi connectivity index (χ1v) is 14.5. The molecule has 0 fully saturated rings. The van der Waals surface area contributed by atoms with Gasteiger partial charge in [0, 0.05) is 47.7 Å². The van der Waals surface area contributed by atoms with Gasteiger partial charge in [-0.05, 0) is 75.3 Å². The maximum absolute atomic E-state index is 13.9. The summed E-state index contributed by atoms with van der Waals surface area (Å²) in [6.07, 6.45) is 3.51. The predicted molar refractivity (Wildman–Crippen MR) is 162 cm³/mol. The molecule has 10 heteroatoms. The monoisotopic (exact) mass is 568 g/mol. The molecule has 0 bridgehead atoms. The molecule has 1 unspecified atom stereocenters. The Morgan fingerprint density at radius 3 is 2.44 bits per heavy atom. The summed E-state index contributed by atoms with van der Waals surface area (Å²) in [7, 11) is 2.62. The van der Waals surface area contributed by atoms with Crippen molar-refractivity contribution in [1.82, 2.24) is 24.4 Å². The van der Waals surface area contributed by atoms with E-state index >= 15 is 0 Å². The van der Waals surface area contributed by atoms with Crippen LogP contribution < -0.4 is 10.0 Å². The van der Waals surface area contributed by atoms with Crippen LogP contribution in [0.1, 0.15) is 44.1 Å². The van der Waals surface area contributed by atoms with Crippen molar-refractivity contribution < 1.29 is 13.8 Å². The van der Waals surface area contributed by atoms with Crippen molar-refractivity contribution >= 4 is 32.6 Å². The number of anilines is 1. The average Bonchev–Trinajstić information content (AvgIpc) is 3.30. The molecular weight excluding hydrogens is 536 g/mol. The van der Waals surface area contributed by atoms with Crippen molar-refractivity contribution in [1.29, 1.82) is 0 Å². The van der Waals surface area contributed by atoms with Gasteiger partial charge >= 0.3 is 0 Å². The molecule has 1 atom stereocenters. The second-order valence-electron chi connectivity index (χ2n) is 9.65. The molecule has 0 radical (unpaired) electrons. The summed E-state index contributed by atoms with van der Waals surface area (Å²) in [6, 6.07) is 19.4. The van der Waals surface area contributed by atoms with E-state index in [1.807, 2.05) is 38.1 Å². The van der Waals surface area contributed by atoms with Crippen LogP contribution >= 0.6 is 0 Å². The van der Waals surface area contributed by atoms with Gasteiger partial charge in [0.2, 0.25) is 0 Å². The molecule has 0 saturated carbocycles. The third-order valence-electron chi connectivity index (χ3n) is 5.97. The molecular formula is C31H32N6O3S. The molecule has 0 aliphatic rings. The number of hydrogen-bond donors (Lipinski definition) is 2. The van der Waals surface area contributed by atoms with Crippen LogP contribution in [0.25, 0.3) is 0 Å². The van der Waals surface area contributed by atoms with Crippen LogP contribution in [0.2, 0.25) is 0 Å². The lowest BCUT2D eigenvalue weighted by atomic mass is 10.1. The van der Waals surface area contributed by atoms with Gasteiger partial charge in [0.15, 0.2) is 0 Å². The van der Waals surface area contributed by atoms with Gasteiger partial charge < -0.3 is 10.2 Å². The van der Waals surface area contributed by atoms with Crippen LogP contribution in [-0.2, 0) is 16.8 Å². The summed E-state index contributed by atoms with van der Waals surface area (Å²) in [5, 5.41) is 8.74. The van der Waals surface area contributed by atoms with Crippen molar-refractivity contribution in [2.75, 3.05) is 26.0 Å². The molecule has 2 N–H and O–H groups in total. The second-order valence-corrected chi connectivity index (χ2v) is 11.9. The van der Waals surface area contributed by atoms with Crippen LogP contribution in [0.4, 0.5) is 5.69 Å². The topological polar surface area (TPSA) is 109 Å². The SMILES string of the molecule is Cc1cc(C(=O)Nc2cccc(C#Cc3cncc(C(=O)NS(=O)(=CCCN(C)C)c4ccccc4)c3)c2)n(C)n1. The molecule has 4 rings (SSSR count). The Labute approximate surface area is 240 Å². The van der Waals surface area contributed by atoms with Gasteiger partial charge in [-0.15, -0.1) is 0 Å². The molecule has 0 spiro atoms. The normalized spacial score (nSPS) is 12.1. The average molecular weight is 569 g/mol. The molecule has 9 nitrogen and oxygen atoms in total. The van der Waals surface area contributed by atoms with Gasteiger partial charge in [0.1, 0.15) is 5.69 Å². The Kier molecular flexibility index (Phi) is 9.34. The van der Waals surface area contributed by atoms with Crippen LogP contribution in [0.15, 0.2) is 84.0 Å². The lowest BCUT2D eigenvalue weighted by Gasteiger charge is -2.15. The minimum absolute atomic E-state index is 0.244. The lowest BCUT2D eigenvalue weighted by molar-refractivity contribution is 0.0980. The number of pyridine rings is 1. The van der Waals surface area contributed by atoms with Gasteiger partial charge in [0.25, 0.3) is 11.8 Å². The maximum atomic E-state index is 13.9. The molecule has 210 valence electrons. The molecule has 2 amide bonds. The molecule has 2 heterocycles. The number of hydrogen-bond acceptors (Lipinski definition) is 6. The predicted octanol–water partition coefficient (Wildman–Crippen LogP) is 3.52. The van der Waals surface area contributed by atoms with Crippen molar-refractivity contribution in [3.8, 4) is 11.8 Å². The molecule has 2 aromatic carbocycles. The van der Waals surface area contributed by atoms with Gasteiger partial charge in [-0.25, -0.2) is 4.21 Å². The highest BCUT2D eigenvalue weighted by molar-refractivity contribution is 8.00. The molecule has 41 heavy (non-hydrogen) atoms. The number of nitrogens with one attached hydrogen (secondary N) is 2. The summed E-state index contributed by atoms with van der Waals surface area (Å²) in [5.41, 5.74) is 3.22. The Morgan fingerprint density at radius 2 is 1.73 bits per heavy atom. The molecule has 2 aromatic heterocycles. The molecule has 0 aliphatic carbocycles. The third kappa shape index (κ3) is 7.91. The van der Waals surface area contributed by atoms with Gasteiger partial charge in [-0.3, -0.25) is 24.0 Å². The van der Waals surface area contributed by atoms with Crippen LogP contribution in [-0.4, -0.2) is 61.7 Å². The van der Waals surface area contributed by atoms with E-state index in [-0.39, 0.29) is 11.5 Å². The summed E-state index contributed by atoms with van der Waals surface area (Å²) in [4.78, 5) is 32.5. The van der Waals surface area contributed by atoms with Gasteiger partial charge in [-0.2, -0.15) is 5.10 Å². The number of carbonyl (C=O) groups is 2. The van der Waals surface area contributed by atoms with Crippen molar-refractivity contribution in [2.45, 2.75) is 18.2 Å². The number of benzene rings is 2. The number of aryl methyl sites for hydroxylation is 2. The number of rotatable bonds is 8. The Bertz CT molecular complexity index is 1740. The zero-order chi connectivity index (χ0) is 29.4. The first kappa shape index (κ1) is 29.3. The fourth-order valence-corrected chi connectivity index (χ4v) is 5.75. The Morgan fingerprint density at radius 1 is 0.976 bits per heavy atom. The highest BCUT2D eigenvalue weighted by atomic mass is 32.2. The minimum atomic E-state index is -2.97. The lowest BCUT2D eigenvalue weighted by Crippen LogP contribution is -2.32. The zero-order valence-corrected chi connectivity index (χ0v) is 24.2. The summed E-state index contributed by atoms with van der Waals surface area (Å²) >= 11 is 0. The first-order chi connectivity index (χ1) is 19.6. The van der Waals surface area contributed by atoms with Crippen molar-refractivity contribution in [3.05, 3.63) is 107 Å². The van der Waals surface area contributed by atoms with E-state index in [1.54, 1.807) is 73.2 Å². The number of carbonyl (C=O) groups excluding carboxylic acids is 2. The molecule has 4 aromatic rings. The van der Waals surface area contributed by atoms with E-state index < -0.39 is 15.6 Å². The van der Waals surface area contributed by atoms with E-state index in [0.29, 0.717) is 40.4 Å². The number of amides is 2. The van der Waals surface area contributed by atoms with Crippen LogP contribution in [0, 0.1) is 18.8 Å². The van der Waals surface area contributed by atoms with E-state index in [9.17, 15) is 13.8 Å². The smallest absolute Gasteiger partial charge is 0.273 e. The van der Waals surface area contributed by atoms with Crippen molar-refractivity contribution in [3.63, 3.8) is 0 Å². The maximum Gasteiger partial charge on any atom is 0.273 e. The van der Waals surface area contributed by atoms with Crippen LogP contribution in [0.5, 0.6) is 0 Å². The first-order valence-electron chi connectivity index (χ1n) is 12.9. The fourth-order valence-electron chi connectivity index (χ4n) is 3.96. The molecule has 0 saturated heterocycles. The summed E-state index contributed by atoms with van der Waals surface area (Å²) < 4.78 is 18.1. The van der Waals surface area contributed by atoms with Gasteiger partial charge in [-0.1, -0.05) is 36.1 Å². The van der Waals surface area contributed by atoms with Gasteiger partial charge in [0.05, 0.1) is 21.0 Å². The van der Waals surface area contributed by atoms with Crippen molar-refractivity contribution in [2.24, 2.45) is 7.05 Å². The summed E-state index contributed by atoms with van der Waals surface area (Å²) in [6.45, 7) is 2.52. The third-order valence-corrected chi connectivity index (χ3v) is 8.14. The number of aromatic nitrogens is 3. The highest BCUT2D eigenvalue weighted by Gasteiger charge is 2.16. The fraction of sp³-hybridized carbons (Fsp3) is 0.194. The zero-order valence-electron chi connectivity index (χ0n) is 23.4. The Balaban J connectivity index is 1.51. The van der Waals surface area contributed by atoms with E-state index in [1.165, 1.54) is 10.9 Å². The highest BCUT2D eigenvalue weighted by Crippen LogP contribution is 2.14. The van der Waals surface area contributed by atoms with E-state index in [0.717, 1.165) is 5.69 Å². The quantitative estimate of drug-likeness (QED) is 0.249. The summed E-state index contributed by atoms with van der Waals surface area (Å²) in [5.74, 6) is 5.29. The second kappa shape index (κ2) is 13.1. The van der Waals surface area contributed by atoms with E-state index in [4.69, 9.17) is 0 Å². The largest absolute Gasteiger partial charge is 0.321 e.